The molecule has 0 aromatic carbocycles. The van der Waals surface area contributed by atoms with Gasteiger partial charge in [0.15, 0.2) is 0 Å². The van der Waals surface area contributed by atoms with Gasteiger partial charge in [-0.15, -0.1) is 23.5 Å². The molecule has 0 nitrogen and oxygen atoms in total. The van der Waals surface area contributed by atoms with Crippen molar-refractivity contribution in [1.29, 1.82) is 0 Å². The zero-order valence-electron chi connectivity index (χ0n) is 5.85. The maximum Gasteiger partial charge on any atom is 0.0583 e. The molecule has 0 N–H and O–H groups in total. The van der Waals surface area contributed by atoms with E-state index in [1.165, 1.54) is 17.9 Å². The molecule has 1 aliphatic heterocycles. The average molecular weight is 161 g/mol. The lowest BCUT2D eigenvalue weighted by Gasteiger charge is -2.19. The molecule has 1 aliphatic rings. The van der Waals surface area contributed by atoms with Crippen molar-refractivity contribution in [2.45, 2.75) is 23.8 Å². The smallest absolute Gasteiger partial charge is 0.0583 e. The standard InChI is InChI=1S/C7H13S2/c1-3-4-7(2)8-5-6-9-7/h1,3-6H2,2H3. The molecule has 1 saturated heterocycles. The quantitative estimate of drug-likeness (QED) is 0.611. The molecule has 1 rings (SSSR count). The van der Waals surface area contributed by atoms with E-state index in [1.807, 2.05) is 0 Å². The molecule has 0 spiro atoms. The van der Waals surface area contributed by atoms with Crippen molar-refractivity contribution in [3.63, 3.8) is 0 Å². The normalized spacial score (nSPS) is 24.7. The molecule has 0 atom stereocenters. The fourth-order valence-electron chi connectivity index (χ4n) is 1.02. The van der Waals surface area contributed by atoms with E-state index < -0.39 is 0 Å². The van der Waals surface area contributed by atoms with Crippen LogP contribution in [-0.2, 0) is 0 Å². The van der Waals surface area contributed by atoms with Gasteiger partial charge in [0.2, 0.25) is 0 Å². The number of rotatable bonds is 2. The van der Waals surface area contributed by atoms with Gasteiger partial charge in [0.05, 0.1) is 4.08 Å². The molecule has 9 heavy (non-hydrogen) atoms. The van der Waals surface area contributed by atoms with Crippen LogP contribution in [0.3, 0.4) is 0 Å². The molecule has 0 aromatic heterocycles. The first kappa shape index (κ1) is 7.80. The minimum Gasteiger partial charge on any atom is -0.144 e. The van der Waals surface area contributed by atoms with Gasteiger partial charge in [-0.05, 0) is 13.3 Å². The monoisotopic (exact) mass is 161 g/mol. The van der Waals surface area contributed by atoms with Crippen LogP contribution in [0.15, 0.2) is 0 Å². The van der Waals surface area contributed by atoms with Crippen molar-refractivity contribution in [1.82, 2.24) is 0 Å². The summed E-state index contributed by atoms with van der Waals surface area (Å²) in [7, 11) is 0. The summed E-state index contributed by atoms with van der Waals surface area (Å²) >= 11 is 4.18. The summed E-state index contributed by atoms with van der Waals surface area (Å²) in [5, 5.41) is 0. The minimum atomic E-state index is 0.516. The highest BCUT2D eigenvalue weighted by atomic mass is 32.2. The molecule has 0 aromatic rings. The zero-order valence-corrected chi connectivity index (χ0v) is 7.49. The van der Waals surface area contributed by atoms with Crippen molar-refractivity contribution in [3.05, 3.63) is 6.92 Å². The lowest BCUT2D eigenvalue weighted by atomic mass is 10.3. The van der Waals surface area contributed by atoms with E-state index in [-0.39, 0.29) is 0 Å². The Labute approximate surface area is 66.2 Å². The van der Waals surface area contributed by atoms with Gasteiger partial charge >= 0.3 is 0 Å². The third-order valence-corrected chi connectivity index (χ3v) is 4.94. The minimum absolute atomic E-state index is 0.516. The predicted octanol–water partition coefficient (Wildman–Crippen LogP) is 2.80. The highest BCUT2D eigenvalue weighted by Crippen LogP contribution is 2.46. The van der Waals surface area contributed by atoms with Crippen LogP contribution in [0.1, 0.15) is 19.8 Å². The Kier molecular flexibility index (Phi) is 2.77. The van der Waals surface area contributed by atoms with Crippen molar-refractivity contribution in [2.24, 2.45) is 0 Å². The van der Waals surface area contributed by atoms with Crippen LogP contribution in [0.2, 0.25) is 0 Å². The topological polar surface area (TPSA) is 0 Å². The SMILES string of the molecule is [CH2]CCC1(C)SCCS1. The third kappa shape index (κ3) is 2.08. The van der Waals surface area contributed by atoms with Crippen molar-refractivity contribution >= 4 is 23.5 Å². The summed E-state index contributed by atoms with van der Waals surface area (Å²) in [4.78, 5) is 0. The Balaban J connectivity index is 2.32. The van der Waals surface area contributed by atoms with Crippen molar-refractivity contribution in [2.75, 3.05) is 11.5 Å². The summed E-state index contributed by atoms with van der Waals surface area (Å²) < 4.78 is 0.516. The molecule has 0 saturated carbocycles. The maximum absolute atomic E-state index is 3.87. The van der Waals surface area contributed by atoms with Crippen LogP contribution in [0.4, 0.5) is 0 Å². The first-order valence-electron chi connectivity index (χ1n) is 3.34. The molecule has 0 amide bonds. The van der Waals surface area contributed by atoms with Crippen LogP contribution in [0.5, 0.6) is 0 Å². The van der Waals surface area contributed by atoms with E-state index in [9.17, 15) is 0 Å². The Morgan fingerprint density at radius 3 is 2.44 bits per heavy atom. The fraction of sp³-hybridized carbons (Fsp3) is 0.857. The molecule has 0 aliphatic carbocycles. The van der Waals surface area contributed by atoms with E-state index in [4.69, 9.17) is 0 Å². The largest absolute Gasteiger partial charge is 0.144 e. The highest BCUT2D eigenvalue weighted by molar-refractivity contribution is 8.21. The molecular weight excluding hydrogens is 148 g/mol. The molecule has 1 heterocycles. The summed E-state index contributed by atoms with van der Waals surface area (Å²) in [6.07, 6.45) is 2.35. The van der Waals surface area contributed by atoms with Crippen LogP contribution in [-0.4, -0.2) is 15.6 Å². The van der Waals surface area contributed by atoms with Gasteiger partial charge < -0.3 is 0 Å². The second-order valence-electron chi connectivity index (χ2n) is 2.43. The van der Waals surface area contributed by atoms with Gasteiger partial charge in [-0.2, -0.15) is 0 Å². The van der Waals surface area contributed by atoms with E-state index in [2.05, 4.69) is 37.4 Å². The molecule has 1 radical (unpaired) electrons. The second kappa shape index (κ2) is 3.20. The van der Waals surface area contributed by atoms with Crippen LogP contribution < -0.4 is 0 Å². The van der Waals surface area contributed by atoms with Gasteiger partial charge in [-0.25, -0.2) is 0 Å². The van der Waals surface area contributed by atoms with Gasteiger partial charge in [0.25, 0.3) is 0 Å². The predicted molar refractivity (Wildman–Crippen MR) is 47.9 cm³/mol. The number of hydrogen-bond acceptors (Lipinski definition) is 2. The summed E-state index contributed by atoms with van der Waals surface area (Å²) in [6.45, 7) is 6.20. The van der Waals surface area contributed by atoms with E-state index in [1.54, 1.807) is 0 Å². The van der Waals surface area contributed by atoms with E-state index in [0.717, 1.165) is 6.42 Å². The molecule has 53 valence electrons. The first-order valence-corrected chi connectivity index (χ1v) is 5.31. The van der Waals surface area contributed by atoms with Gasteiger partial charge in [-0.3, -0.25) is 0 Å². The lowest BCUT2D eigenvalue weighted by molar-refractivity contribution is 0.788. The van der Waals surface area contributed by atoms with Crippen LogP contribution in [0, 0.1) is 6.92 Å². The van der Waals surface area contributed by atoms with Gasteiger partial charge in [-0.1, -0.05) is 13.3 Å². The lowest BCUT2D eigenvalue weighted by Crippen LogP contribution is -2.09. The summed E-state index contributed by atoms with van der Waals surface area (Å²) in [5.41, 5.74) is 0. The van der Waals surface area contributed by atoms with E-state index >= 15 is 0 Å². The number of hydrogen-bond donors (Lipinski definition) is 0. The third-order valence-electron chi connectivity index (χ3n) is 1.53. The van der Waals surface area contributed by atoms with E-state index in [0.29, 0.717) is 4.08 Å². The average Bonchev–Trinajstić information content (AvgIpc) is 2.16. The van der Waals surface area contributed by atoms with Gasteiger partial charge in [0.1, 0.15) is 0 Å². The Bertz CT molecular complexity index is 84.9. The highest BCUT2D eigenvalue weighted by Gasteiger charge is 2.28. The zero-order chi connectivity index (χ0) is 6.74. The molecule has 2 heteroatoms. The Morgan fingerprint density at radius 1 is 1.44 bits per heavy atom. The van der Waals surface area contributed by atoms with Gasteiger partial charge in [0, 0.05) is 11.5 Å². The van der Waals surface area contributed by atoms with Crippen molar-refractivity contribution < 1.29 is 0 Å². The molecular formula is C7H13S2. The summed E-state index contributed by atoms with van der Waals surface area (Å²) in [5.74, 6) is 2.67. The maximum atomic E-state index is 3.87. The van der Waals surface area contributed by atoms with Crippen LogP contribution in [0.25, 0.3) is 0 Å². The number of thioether (sulfide) groups is 2. The van der Waals surface area contributed by atoms with Crippen LogP contribution >= 0.6 is 23.5 Å². The molecule has 0 bridgehead atoms. The summed E-state index contributed by atoms with van der Waals surface area (Å²) in [6, 6.07) is 0. The molecule has 0 unspecified atom stereocenters. The Hall–Kier alpha value is 0.700. The molecule has 1 fully saturated rings. The second-order valence-corrected chi connectivity index (χ2v) is 5.89. The fourth-order valence-corrected chi connectivity index (χ4v) is 3.96. The first-order chi connectivity index (χ1) is 4.27. The Morgan fingerprint density at radius 2 is 2.00 bits per heavy atom. The van der Waals surface area contributed by atoms with Crippen molar-refractivity contribution in [3.8, 4) is 0 Å².